The van der Waals surface area contributed by atoms with Gasteiger partial charge in [0.25, 0.3) is 0 Å². The molecule has 0 aromatic heterocycles. The van der Waals surface area contributed by atoms with Crippen molar-refractivity contribution in [3.8, 4) is 23.3 Å². The number of nitrogens with zero attached hydrogens (tertiary/aromatic N) is 5. The van der Waals surface area contributed by atoms with Gasteiger partial charge >= 0.3 is 5.97 Å². The van der Waals surface area contributed by atoms with Crippen molar-refractivity contribution in [2.24, 2.45) is 10.9 Å². The van der Waals surface area contributed by atoms with Crippen molar-refractivity contribution >= 4 is 40.7 Å². The van der Waals surface area contributed by atoms with Crippen LogP contribution >= 0.6 is 0 Å². The van der Waals surface area contributed by atoms with Crippen LogP contribution in [0.3, 0.4) is 0 Å². The molecular formula is C56H49N5O7. The highest BCUT2D eigenvalue weighted by Gasteiger charge is 2.76. The van der Waals surface area contributed by atoms with Gasteiger partial charge in [0.1, 0.15) is 41.6 Å². The quantitative estimate of drug-likeness (QED) is 0.116. The molecule has 0 aliphatic carbocycles. The van der Waals surface area contributed by atoms with Crippen LogP contribution in [0, 0.1) is 17.8 Å². The number of amides is 2. The van der Waals surface area contributed by atoms with E-state index >= 15 is 9.59 Å². The van der Waals surface area contributed by atoms with E-state index < -0.39 is 41.5 Å². The third kappa shape index (κ3) is 7.09. The summed E-state index contributed by atoms with van der Waals surface area (Å²) in [5, 5.41) is 9.88. The molecule has 4 saturated heterocycles. The highest BCUT2D eigenvalue weighted by Crippen LogP contribution is 2.68. The minimum absolute atomic E-state index is 0.0632. The molecule has 5 heterocycles. The van der Waals surface area contributed by atoms with E-state index in [-0.39, 0.29) is 25.0 Å². The molecule has 6 aromatic carbocycles. The zero-order valence-corrected chi connectivity index (χ0v) is 37.7. The van der Waals surface area contributed by atoms with E-state index in [0.29, 0.717) is 49.1 Å². The molecule has 0 spiro atoms. The number of piperazine rings is 1. The maximum absolute atomic E-state index is 16.0. The average molecular weight is 904 g/mol. The predicted molar refractivity (Wildman–Crippen MR) is 258 cm³/mol. The molecule has 12 nitrogen and oxygen atoms in total. The largest absolute Gasteiger partial charge is 0.497 e. The fourth-order valence-electron chi connectivity index (χ4n) is 11.1. The van der Waals surface area contributed by atoms with Crippen molar-refractivity contribution in [2.75, 3.05) is 56.3 Å². The van der Waals surface area contributed by atoms with E-state index in [9.17, 15) is 9.90 Å². The molecule has 340 valence electrons. The predicted octanol–water partition coefficient (Wildman–Crippen LogP) is 7.54. The SMILES string of the molecule is COc1ccc(C#Cc2ccc3c(c2)[C@H]2[C@H]4C(=O)N(c5ccc(N6CCN(C(C)=O)CC6)cc5)C(=N3)[C@@]2(c2cccc(OCCO)c2)N2[C@H](c3ccccc3)[C@H](c3ccccc3)OC(=O)[C@@H]42)cc1. The number of carbonyl (C=O) groups excluding carboxylic acids is 3. The molecule has 5 aliphatic heterocycles. The highest BCUT2D eigenvalue weighted by atomic mass is 16.6. The van der Waals surface area contributed by atoms with E-state index in [1.807, 2.05) is 144 Å². The van der Waals surface area contributed by atoms with Crippen LogP contribution in [0.25, 0.3) is 0 Å². The second-order valence-electron chi connectivity index (χ2n) is 17.7. The van der Waals surface area contributed by atoms with Gasteiger partial charge in [0, 0.05) is 55.8 Å². The lowest BCUT2D eigenvalue weighted by Crippen LogP contribution is -2.64. The maximum Gasteiger partial charge on any atom is 0.324 e. The second kappa shape index (κ2) is 17.5. The summed E-state index contributed by atoms with van der Waals surface area (Å²) in [5.74, 6) is 6.09. The molecule has 2 amide bonds. The second-order valence-corrected chi connectivity index (χ2v) is 17.7. The van der Waals surface area contributed by atoms with Crippen LogP contribution in [-0.2, 0) is 24.7 Å². The number of anilines is 2. The number of aliphatic imine (C=N–C) groups is 1. The normalized spacial score (nSPS) is 23.7. The van der Waals surface area contributed by atoms with Gasteiger partial charge in [0.2, 0.25) is 11.8 Å². The lowest BCUT2D eigenvalue weighted by molar-refractivity contribution is -0.179. The first kappa shape index (κ1) is 42.9. The Morgan fingerprint density at radius 2 is 1.43 bits per heavy atom. The molecule has 1 N–H and O–H groups in total. The van der Waals surface area contributed by atoms with Crippen molar-refractivity contribution in [3.63, 3.8) is 0 Å². The number of rotatable bonds is 9. The standard InChI is InChI=1S/C56H49N5O7/c1-36(63)58-28-30-59(31-29-58)42-21-23-43(24-22-42)60-53(64)48-49-46-34-38(17-16-37-18-25-44(66-2)26-19-37)20-27-47(46)57-55(60)56(49,41-14-9-15-45(35-41)67-33-32-62)61-50(39-10-5-3-6-11-39)52(68-54(65)51(48)61)40-12-7-4-8-13-40/h3-15,18-27,34-35,48-52,62H,28-33H2,1-2H3/t48-,49+,50-,51-,52+,56+/m1/s1. The number of aliphatic hydroxyl groups is 1. The lowest BCUT2D eigenvalue weighted by atomic mass is 9.64. The molecule has 11 rings (SSSR count). The first-order valence-electron chi connectivity index (χ1n) is 23.0. The molecule has 6 atom stereocenters. The van der Waals surface area contributed by atoms with Gasteiger partial charge in [0.15, 0.2) is 0 Å². The minimum Gasteiger partial charge on any atom is -0.497 e. The summed E-state index contributed by atoms with van der Waals surface area (Å²) in [4.78, 5) is 57.1. The lowest BCUT2D eigenvalue weighted by Gasteiger charge is -2.54. The summed E-state index contributed by atoms with van der Waals surface area (Å²) in [6, 6.07) is 47.4. The van der Waals surface area contributed by atoms with E-state index in [2.05, 4.69) is 33.8 Å². The van der Waals surface area contributed by atoms with Gasteiger partial charge in [-0.05, 0) is 101 Å². The number of carbonyl (C=O) groups is 3. The highest BCUT2D eigenvalue weighted by molar-refractivity contribution is 6.27. The Morgan fingerprint density at radius 3 is 2.12 bits per heavy atom. The summed E-state index contributed by atoms with van der Waals surface area (Å²) in [6.07, 6.45) is -0.763. The summed E-state index contributed by atoms with van der Waals surface area (Å²) >= 11 is 0. The molecule has 0 radical (unpaired) electrons. The monoisotopic (exact) mass is 903 g/mol. The third-order valence-electron chi connectivity index (χ3n) is 14.1. The zero-order chi connectivity index (χ0) is 46.5. The number of aliphatic hydroxyl groups excluding tert-OH is 1. The number of cyclic esters (lactones) is 1. The Hall–Kier alpha value is -7.72. The van der Waals surface area contributed by atoms with Gasteiger partial charge in [-0.1, -0.05) is 84.6 Å². The number of ether oxygens (including phenoxy) is 3. The smallest absolute Gasteiger partial charge is 0.324 e. The van der Waals surface area contributed by atoms with E-state index in [1.165, 1.54) is 0 Å². The Balaban J connectivity index is 1.15. The molecule has 5 aliphatic rings. The van der Waals surface area contributed by atoms with Gasteiger partial charge in [-0.2, -0.15) is 0 Å². The van der Waals surface area contributed by atoms with Crippen LogP contribution in [-0.4, -0.2) is 91.1 Å². The number of amidine groups is 1. The molecule has 4 fully saturated rings. The van der Waals surface area contributed by atoms with Crippen molar-refractivity contribution in [2.45, 2.75) is 36.6 Å². The summed E-state index contributed by atoms with van der Waals surface area (Å²) in [6.45, 7) is 4.11. The molecule has 0 saturated carbocycles. The number of esters is 1. The van der Waals surface area contributed by atoms with Crippen LogP contribution in [0.2, 0.25) is 0 Å². The number of methoxy groups -OCH3 is 1. The van der Waals surface area contributed by atoms with Gasteiger partial charge in [-0.25, -0.2) is 4.99 Å². The van der Waals surface area contributed by atoms with Gasteiger partial charge in [0.05, 0.1) is 37.1 Å². The number of hydrogen-bond acceptors (Lipinski definition) is 10. The van der Waals surface area contributed by atoms with Crippen LogP contribution < -0.4 is 19.3 Å². The number of benzene rings is 6. The Kier molecular flexibility index (Phi) is 11.0. The van der Waals surface area contributed by atoms with Crippen molar-refractivity contribution in [3.05, 3.63) is 185 Å². The average Bonchev–Trinajstić information content (AvgIpc) is 3.67. The fourth-order valence-corrected chi connectivity index (χ4v) is 11.1. The topological polar surface area (TPSA) is 124 Å². The first-order chi connectivity index (χ1) is 33.3. The summed E-state index contributed by atoms with van der Waals surface area (Å²) < 4.78 is 18.2. The zero-order valence-electron chi connectivity index (χ0n) is 37.7. The number of morpholine rings is 1. The van der Waals surface area contributed by atoms with Crippen LogP contribution in [0.4, 0.5) is 17.1 Å². The molecule has 0 unspecified atom stereocenters. The fraction of sp³-hybridized carbons (Fsp3) is 0.250. The van der Waals surface area contributed by atoms with Crippen LogP contribution in [0.5, 0.6) is 11.5 Å². The summed E-state index contributed by atoms with van der Waals surface area (Å²) in [5.41, 5.74) is 5.79. The van der Waals surface area contributed by atoms with Gasteiger partial charge < -0.3 is 29.1 Å². The Morgan fingerprint density at radius 1 is 0.750 bits per heavy atom. The molecule has 12 heteroatoms. The maximum atomic E-state index is 16.0. The minimum atomic E-state index is -1.29. The van der Waals surface area contributed by atoms with Crippen molar-refractivity contribution in [1.29, 1.82) is 0 Å². The molecule has 4 bridgehead atoms. The van der Waals surface area contributed by atoms with E-state index in [4.69, 9.17) is 19.2 Å². The van der Waals surface area contributed by atoms with Crippen molar-refractivity contribution in [1.82, 2.24) is 9.80 Å². The van der Waals surface area contributed by atoms with Gasteiger partial charge in [-0.15, -0.1) is 0 Å². The number of hydrogen-bond donors (Lipinski definition) is 1. The van der Waals surface area contributed by atoms with Gasteiger partial charge in [-0.3, -0.25) is 24.2 Å². The number of piperidine rings is 1. The number of fused-ring (bicyclic) bond motifs is 3. The van der Waals surface area contributed by atoms with E-state index in [1.54, 1.807) is 18.9 Å². The Bertz CT molecular complexity index is 3000. The van der Waals surface area contributed by atoms with Crippen LogP contribution in [0.1, 0.15) is 58.4 Å². The van der Waals surface area contributed by atoms with Crippen LogP contribution in [0.15, 0.2) is 157 Å². The molecule has 68 heavy (non-hydrogen) atoms. The molecular weight excluding hydrogens is 855 g/mol. The first-order valence-corrected chi connectivity index (χ1v) is 23.0. The van der Waals surface area contributed by atoms with Crippen molar-refractivity contribution < 1.29 is 33.7 Å². The Labute approximate surface area is 395 Å². The van der Waals surface area contributed by atoms with E-state index in [0.717, 1.165) is 44.8 Å². The third-order valence-corrected chi connectivity index (χ3v) is 14.1. The summed E-state index contributed by atoms with van der Waals surface area (Å²) in [7, 11) is 1.63. The molecule has 6 aromatic rings.